The van der Waals surface area contributed by atoms with Crippen LogP contribution in [0.15, 0.2) is 279 Å². The van der Waals surface area contributed by atoms with E-state index in [1.54, 1.807) is 0 Å². The van der Waals surface area contributed by atoms with Gasteiger partial charge in [0, 0.05) is 33.5 Å². The number of para-hydroxylation sites is 1. The van der Waals surface area contributed by atoms with Gasteiger partial charge in [-0.15, -0.1) is 0 Å². The van der Waals surface area contributed by atoms with Crippen molar-refractivity contribution in [3.63, 3.8) is 0 Å². The number of benzene rings is 11. The number of rotatable bonds is 10. The van der Waals surface area contributed by atoms with Crippen molar-refractivity contribution in [1.82, 2.24) is 4.57 Å². The molecule has 2 nitrogen and oxygen atoms in total. The summed E-state index contributed by atoms with van der Waals surface area (Å²) in [4.78, 5) is 1.86. The molecule has 0 aliphatic carbocycles. The summed E-state index contributed by atoms with van der Waals surface area (Å²) in [5.41, 5.74) is 16.5. The second kappa shape index (κ2) is 17.8. The van der Waals surface area contributed by atoms with Gasteiger partial charge in [-0.05, 0) is 140 Å². The van der Waals surface area contributed by atoms with E-state index in [1.165, 1.54) is 0 Å². The molecule has 0 atom stereocenters. The van der Waals surface area contributed by atoms with E-state index in [0.29, 0.717) is 16.9 Å². The first-order valence-electron chi connectivity index (χ1n) is 25.0. The van der Waals surface area contributed by atoms with Gasteiger partial charge < -0.3 is 9.47 Å². The molecule has 0 N–H and O–H groups in total. The van der Waals surface area contributed by atoms with E-state index in [2.05, 4.69) is 150 Å². The lowest BCUT2D eigenvalue weighted by atomic mass is 9.98. The summed E-state index contributed by atoms with van der Waals surface area (Å²) in [6.45, 7) is 0. The van der Waals surface area contributed by atoms with Gasteiger partial charge in [0.25, 0.3) is 0 Å². The molecule has 0 spiro atoms. The van der Waals surface area contributed by atoms with Crippen molar-refractivity contribution < 1.29 is 5.48 Å². The normalized spacial score (nSPS) is 12.1. The third kappa shape index (κ3) is 7.85. The molecule has 320 valence electrons. The zero-order chi connectivity index (χ0) is 48.7. The molecule has 0 fully saturated rings. The van der Waals surface area contributed by atoms with Crippen molar-refractivity contribution in [2.75, 3.05) is 4.90 Å². The quantitative estimate of drug-likeness (QED) is 0.133. The average Bonchev–Trinajstić information content (AvgIpc) is 3.78. The Bertz CT molecular complexity index is 3880. The minimum Gasteiger partial charge on any atom is -0.311 e. The van der Waals surface area contributed by atoms with Crippen molar-refractivity contribution in [1.29, 1.82) is 0 Å². The van der Waals surface area contributed by atoms with Crippen LogP contribution in [0.2, 0.25) is 0 Å². The van der Waals surface area contributed by atoms with E-state index in [-0.39, 0.29) is 35.4 Å². The molecule has 0 radical (unpaired) electrons. The van der Waals surface area contributed by atoms with Gasteiger partial charge in [0.2, 0.25) is 0 Å². The number of hydrogen-bond acceptors (Lipinski definition) is 1. The highest BCUT2D eigenvalue weighted by Crippen LogP contribution is 2.40. The zero-order valence-corrected chi connectivity index (χ0v) is 37.1. The monoisotopic (exact) mass is 870 g/mol. The summed E-state index contributed by atoms with van der Waals surface area (Å²) in [6.07, 6.45) is 0. The summed E-state index contributed by atoms with van der Waals surface area (Å²) in [7, 11) is 0. The van der Waals surface area contributed by atoms with Crippen LogP contribution in [0.1, 0.15) is 5.48 Å². The predicted molar refractivity (Wildman–Crippen MR) is 288 cm³/mol. The van der Waals surface area contributed by atoms with Gasteiger partial charge in [-0.25, -0.2) is 0 Å². The molecule has 0 unspecified atom stereocenters. The smallest absolute Gasteiger partial charge is 0.0645 e. The topological polar surface area (TPSA) is 8.17 Å². The lowest BCUT2D eigenvalue weighted by Gasteiger charge is -2.26. The highest BCUT2D eigenvalue weighted by atomic mass is 15.1. The molecule has 0 aliphatic heterocycles. The molecule has 0 aliphatic rings. The van der Waals surface area contributed by atoms with Gasteiger partial charge >= 0.3 is 0 Å². The van der Waals surface area contributed by atoms with Crippen molar-refractivity contribution in [2.24, 2.45) is 0 Å². The summed E-state index contributed by atoms with van der Waals surface area (Å²) >= 11 is 0. The lowest BCUT2D eigenvalue weighted by Crippen LogP contribution is -2.09. The molecule has 0 saturated carbocycles. The molecule has 11 aromatic carbocycles. The Balaban J connectivity index is 0.945. The van der Waals surface area contributed by atoms with Crippen LogP contribution in [0.4, 0.5) is 17.1 Å². The van der Waals surface area contributed by atoms with Crippen LogP contribution in [0, 0.1) is 0 Å². The number of hydrogen-bond donors (Lipinski definition) is 0. The van der Waals surface area contributed by atoms with Crippen LogP contribution in [-0.2, 0) is 0 Å². The molecular formula is C66H46N2. The number of fused-ring (bicyclic) bond motifs is 3. The van der Waals surface area contributed by atoms with E-state index in [1.807, 2.05) is 114 Å². The van der Waals surface area contributed by atoms with Gasteiger partial charge in [-0.1, -0.05) is 206 Å². The highest BCUT2D eigenvalue weighted by Gasteiger charge is 2.17. The van der Waals surface area contributed by atoms with E-state index >= 15 is 0 Å². The van der Waals surface area contributed by atoms with E-state index in [4.69, 9.17) is 0 Å². The fraction of sp³-hybridized carbons (Fsp3) is 0. The maximum atomic E-state index is 9.76. The maximum absolute atomic E-state index is 9.76. The Kier molecular flexibility index (Phi) is 9.48. The minimum atomic E-state index is -0.132. The van der Waals surface area contributed by atoms with Gasteiger partial charge in [-0.3, -0.25) is 0 Å². The largest absolute Gasteiger partial charge is 0.311 e. The van der Waals surface area contributed by atoms with Crippen LogP contribution in [0.3, 0.4) is 0 Å². The second-order valence-electron chi connectivity index (χ2n) is 17.0. The first kappa shape index (κ1) is 36.3. The summed E-state index contributed by atoms with van der Waals surface area (Å²) < 4.78 is 41.1. The Morgan fingerprint density at radius 1 is 0.250 bits per heavy atom. The van der Waals surface area contributed by atoms with Crippen LogP contribution in [-0.4, -0.2) is 4.57 Å². The van der Waals surface area contributed by atoms with Gasteiger partial charge in [-0.2, -0.15) is 0 Å². The van der Waals surface area contributed by atoms with Crippen molar-refractivity contribution in [2.45, 2.75) is 0 Å². The molecule has 0 amide bonds. The van der Waals surface area contributed by atoms with Crippen LogP contribution in [0.5, 0.6) is 0 Å². The first-order valence-corrected chi connectivity index (χ1v) is 23.0. The van der Waals surface area contributed by atoms with E-state index in [0.717, 1.165) is 83.1 Å². The number of aromatic nitrogens is 1. The molecule has 0 saturated heterocycles. The molecule has 12 rings (SSSR count). The minimum absolute atomic E-state index is 0.111. The highest BCUT2D eigenvalue weighted by molar-refractivity contribution is 6.10. The van der Waals surface area contributed by atoms with E-state index in [9.17, 15) is 5.48 Å². The molecule has 1 aromatic heterocycles. The summed E-state index contributed by atoms with van der Waals surface area (Å²) in [5.74, 6) is 0. The first-order chi connectivity index (χ1) is 35.4. The molecular weight excluding hydrogens is 821 g/mol. The maximum Gasteiger partial charge on any atom is 0.0645 e. The standard InChI is InChI=1S/C66H46N2/c1-4-13-47(14-5-1)50-23-25-51(26-24-50)53-27-36-59(37-28-53)67(60-38-31-54(32-39-60)57-20-12-19-56(45-57)49-17-8-3-9-18-49)61-40-33-55(34-41-61)58-35-44-66-64(46-58)63-21-10-11-22-65(63)68(66)62-42-29-52(30-43-62)48-15-6-2-7-16-48/h1-46H/i33D,34D,40D,41D. The second-order valence-corrected chi connectivity index (χ2v) is 17.0. The van der Waals surface area contributed by atoms with Crippen LogP contribution >= 0.6 is 0 Å². The fourth-order valence-electron chi connectivity index (χ4n) is 9.41. The Hall–Kier alpha value is -8.98. The van der Waals surface area contributed by atoms with Crippen LogP contribution < -0.4 is 4.90 Å². The van der Waals surface area contributed by atoms with Crippen molar-refractivity contribution in [3.05, 3.63) is 279 Å². The average molecular weight is 871 g/mol. The molecule has 68 heavy (non-hydrogen) atoms. The number of anilines is 3. The van der Waals surface area contributed by atoms with Gasteiger partial charge in [0.1, 0.15) is 0 Å². The van der Waals surface area contributed by atoms with Crippen molar-refractivity contribution in [3.8, 4) is 72.4 Å². The Morgan fingerprint density at radius 2 is 0.618 bits per heavy atom. The molecule has 0 bridgehead atoms. The Labute approximate surface area is 403 Å². The lowest BCUT2D eigenvalue weighted by molar-refractivity contribution is 1.18. The van der Waals surface area contributed by atoms with Gasteiger partial charge in [0.15, 0.2) is 0 Å². The third-order valence-corrected chi connectivity index (χ3v) is 12.9. The SMILES string of the molecule is [2H]c1c([2H])c(N(c2ccc(-c3ccc(-c4ccccc4)cc3)cc2)c2ccc(-c3cccc(-c4ccccc4)c3)cc2)c([2H])c([2H])c1-c1ccc2c(c1)c1ccccc1n2-c1ccc(-c2ccccc2)cc1. The van der Waals surface area contributed by atoms with Crippen molar-refractivity contribution >= 4 is 38.9 Å². The third-order valence-electron chi connectivity index (χ3n) is 12.9. The molecule has 2 heteroatoms. The predicted octanol–water partition coefficient (Wildman–Crippen LogP) is 18.3. The fourth-order valence-corrected chi connectivity index (χ4v) is 9.41. The number of nitrogens with zero attached hydrogens (tertiary/aromatic N) is 2. The van der Waals surface area contributed by atoms with Crippen LogP contribution in [0.25, 0.3) is 94.3 Å². The molecule has 1 heterocycles. The molecule has 12 aromatic rings. The van der Waals surface area contributed by atoms with Gasteiger partial charge in [0.05, 0.1) is 16.5 Å². The zero-order valence-electron chi connectivity index (χ0n) is 41.1. The summed E-state index contributed by atoms with van der Waals surface area (Å²) in [5, 5.41) is 1.99. The summed E-state index contributed by atoms with van der Waals surface area (Å²) in [6, 6.07) is 86.6. The Morgan fingerprint density at radius 3 is 1.15 bits per heavy atom. The van der Waals surface area contributed by atoms with E-state index < -0.39 is 0 Å².